The second-order valence-electron chi connectivity index (χ2n) is 3.36. The van der Waals surface area contributed by atoms with E-state index >= 15 is 0 Å². The Hall–Kier alpha value is -2.28. The second kappa shape index (κ2) is 6.33. The van der Waals surface area contributed by atoms with Gasteiger partial charge in [-0.2, -0.15) is 5.26 Å². The molecule has 0 amide bonds. The third kappa shape index (κ3) is 3.65. The Morgan fingerprint density at radius 2 is 2.24 bits per heavy atom. The van der Waals surface area contributed by atoms with Crippen molar-refractivity contribution in [1.29, 1.82) is 5.26 Å². The van der Waals surface area contributed by atoms with Crippen LogP contribution in [-0.4, -0.2) is 20.0 Å². The van der Waals surface area contributed by atoms with Gasteiger partial charge in [-0.1, -0.05) is 6.07 Å². The van der Waals surface area contributed by atoms with E-state index in [2.05, 4.69) is 0 Å². The second-order valence-corrected chi connectivity index (χ2v) is 3.36. The molecule has 4 nitrogen and oxygen atoms in total. The maximum atomic E-state index is 10.5. The zero-order valence-electron chi connectivity index (χ0n) is 9.77. The van der Waals surface area contributed by atoms with Crippen molar-refractivity contribution in [2.45, 2.75) is 6.92 Å². The highest BCUT2D eigenvalue weighted by Gasteiger charge is 2.04. The molecule has 0 bridgehead atoms. The Bertz CT molecular complexity index is 472. The highest BCUT2D eigenvalue weighted by molar-refractivity contribution is 5.81. The summed E-state index contributed by atoms with van der Waals surface area (Å²) in [7, 11) is 1.52. The van der Waals surface area contributed by atoms with Gasteiger partial charge in [0, 0.05) is 0 Å². The molecule has 88 valence electrons. The smallest absolute Gasteiger partial charge is 0.174 e. The number of carbonyl (C=O) groups excluding carboxylic acids is 1. The predicted octanol–water partition coefficient (Wildman–Crippen LogP) is 2.20. The van der Waals surface area contributed by atoms with Crippen molar-refractivity contribution in [2.75, 3.05) is 13.7 Å². The number of ether oxygens (including phenoxy) is 2. The van der Waals surface area contributed by atoms with Gasteiger partial charge in [0.15, 0.2) is 18.1 Å². The summed E-state index contributed by atoms with van der Waals surface area (Å²) >= 11 is 0. The van der Waals surface area contributed by atoms with Gasteiger partial charge in [-0.3, -0.25) is 4.79 Å². The van der Waals surface area contributed by atoms with Gasteiger partial charge in [0.25, 0.3) is 0 Å². The van der Waals surface area contributed by atoms with Crippen LogP contribution >= 0.6 is 0 Å². The van der Waals surface area contributed by atoms with Crippen LogP contribution in [0.3, 0.4) is 0 Å². The molecule has 0 unspecified atom stereocenters. The van der Waals surface area contributed by atoms with Gasteiger partial charge in [-0.05, 0) is 36.3 Å². The number of nitriles is 1. The standard InChI is InChI=1S/C13H13NO3/c1-10(9-15)7-11-3-4-12(17-6-5-14)13(8-11)16-2/h3-4,7-9H,6H2,1-2H3. The van der Waals surface area contributed by atoms with Crippen molar-refractivity contribution in [3.05, 3.63) is 29.3 Å². The fourth-order valence-corrected chi connectivity index (χ4v) is 1.30. The van der Waals surface area contributed by atoms with E-state index in [1.807, 2.05) is 6.07 Å². The first kappa shape index (κ1) is 12.8. The summed E-state index contributed by atoms with van der Waals surface area (Å²) in [5.41, 5.74) is 1.47. The molecule has 0 N–H and O–H groups in total. The highest BCUT2D eigenvalue weighted by atomic mass is 16.5. The van der Waals surface area contributed by atoms with Crippen molar-refractivity contribution in [1.82, 2.24) is 0 Å². The van der Waals surface area contributed by atoms with Gasteiger partial charge < -0.3 is 9.47 Å². The van der Waals surface area contributed by atoms with Crippen LogP contribution < -0.4 is 9.47 Å². The molecule has 0 heterocycles. The van der Waals surface area contributed by atoms with Gasteiger partial charge in [-0.15, -0.1) is 0 Å². The lowest BCUT2D eigenvalue weighted by Crippen LogP contribution is -1.96. The lowest BCUT2D eigenvalue weighted by atomic mass is 10.1. The lowest BCUT2D eigenvalue weighted by Gasteiger charge is -2.08. The largest absolute Gasteiger partial charge is 0.493 e. The van der Waals surface area contributed by atoms with Crippen LogP contribution in [0, 0.1) is 11.3 Å². The molecule has 17 heavy (non-hydrogen) atoms. The molecule has 0 saturated heterocycles. The Kier molecular flexibility index (Phi) is 4.77. The molecule has 0 aromatic heterocycles. The van der Waals surface area contributed by atoms with Crippen LogP contribution in [0.2, 0.25) is 0 Å². The summed E-state index contributed by atoms with van der Waals surface area (Å²) in [6.07, 6.45) is 2.52. The van der Waals surface area contributed by atoms with Crippen LogP contribution in [0.25, 0.3) is 6.08 Å². The summed E-state index contributed by atoms with van der Waals surface area (Å²) in [6, 6.07) is 7.14. The zero-order valence-corrected chi connectivity index (χ0v) is 9.77. The predicted molar refractivity (Wildman–Crippen MR) is 63.8 cm³/mol. The van der Waals surface area contributed by atoms with E-state index in [0.29, 0.717) is 17.1 Å². The highest BCUT2D eigenvalue weighted by Crippen LogP contribution is 2.28. The molecular formula is C13H13NO3. The fraction of sp³-hybridized carbons (Fsp3) is 0.231. The number of aldehydes is 1. The molecule has 0 radical (unpaired) electrons. The van der Waals surface area contributed by atoms with E-state index in [1.165, 1.54) is 7.11 Å². The minimum absolute atomic E-state index is 0.0289. The molecule has 0 spiro atoms. The van der Waals surface area contributed by atoms with Gasteiger partial charge in [0.05, 0.1) is 7.11 Å². The molecule has 4 heteroatoms. The first-order valence-corrected chi connectivity index (χ1v) is 5.02. The summed E-state index contributed by atoms with van der Waals surface area (Å²) < 4.78 is 10.3. The Morgan fingerprint density at radius 1 is 1.47 bits per heavy atom. The minimum Gasteiger partial charge on any atom is -0.493 e. The summed E-state index contributed by atoms with van der Waals surface area (Å²) in [6.45, 7) is 1.69. The van der Waals surface area contributed by atoms with Crippen LogP contribution in [0.1, 0.15) is 12.5 Å². The first-order chi connectivity index (χ1) is 8.21. The molecule has 0 atom stereocenters. The molecule has 0 aliphatic heterocycles. The van der Waals surface area contributed by atoms with Crippen molar-refractivity contribution in [3.8, 4) is 17.6 Å². The number of carbonyl (C=O) groups is 1. The van der Waals surface area contributed by atoms with E-state index < -0.39 is 0 Å². The summed E-state index contributed by atoms with van der Waals surface area (Å²) in [5, 5.41) is 8.43. The average molecular weight is 231 g/mol. The normalized spacial score (nSPS) is 10.5. The SMILES string of the molecule is COc1cc(C=C(C)C=O)ccc1OCC#N. The van der Waals surface area contributed by atoms with E-state index in [9.17, 15) is 4.79 Å². The van der Waals surface area contributed by atoms with Crippen LogP contribution in [0.15, 0.2) is 23.8 Å². The summed E-state index contributed by atoms with van der Waals surface area (Å²) in [4.78, 5) is 10.5. The molecule has 1 aromatic rings. The number of methoxy groups -OCH3 is 1. The molecule has 0 aliphatic carbocycles. The van der Waals surface area contributed by atoms with Gasteiger partial charge in [-0.25, -0.2) is 0 Å². The van der Waals surface area contributed by atoms with Crippen molar-refractivity contribution >= 4 is 12.4 Å². The van der Waals surface area contributed by atoms with E-state index in [0.717, 1.165) is 11.8 Å². The van der Waals surface area contributed by atoms with Gasteiger partial charge in [0.2, 0.25) is 0 Å². The molecule has 1 aromatic carbocycles. The molecular weight excluding hydrogens is 218 g/mol. The van der Waals surface area contributed by atoms with Crippen molar-refractivity contribution in [3.63, 3.8) is 0 Å². The quantitative estimate of drug-likeness (QED) is 0.575. The van der Waals surface area contributed by atoms with Gasteiger partial charge >= 0.3 is 0 Å². The Morgan fingerprint density at radius 3 is 2.82 bits per heavy atom. The number of benzene rings is 1. The fourth-order valence-electron chi connectivity index (χ4n) is 1.30. The molecule has 0 aliphatic rings. The van der Waals surface area contributed by atoms with Crippen molar-refractivity contribution < 1.29 is 14.3 Å². The number of nitrogens with zero attached hydrogens (tertiary/aromatic N) is 1. The minimum atomic E-state index is -0.0289. The lowest BCUT2D eigenvalue weighted by molar-refractivity contribution is -0.104. The molecule has 1 rings (SSSR count). The van der Waals surface area contributed by atoms with E-state index in [1.54, 1.807) is 31.2 Å². The Labute approximate surface area is 100 Å². The topological polar surface area (TPSA) is 59.3 Å². The average Bonchev–Trinajstić information content (AvgIpc) is 2.36. The summed E-state index contributed by atoms with van der Waals surface area (Å²) in [5.74, 6) is 1.04. The molecule has 0 saturated carbocycles. The number of rotatable bonds is 5. The zero-order chi connectivity index (χ0) is 12.7. The van der Waals surface area contributed by atoms with Crippen LogP contribution in [0.4, 0.5) is 0 Å². The third-order valence-electron chi connectivity index (χ3n) is 2.06. The van der Waals surface area contributed by atoms with E-state index in [-0.39, 0.29) is 6.61 Å². The van der Waals surface area contributed by atoms with Crippen molar-refractivity contribution in [2.24, 2.45) is 0 Å². The number of hydrogen-bond donors (Lipinski definition) is 0. The maximum absolute atomic E-state index is 10.5. The van der Waals surface area contributed by atoms with Gasteiger partial charge in [0.1, 0.15) is 12.4 Å². The number of hydrogen-bond acceptors (Lipinski definition) is 4. The maximum Gasteiger partial charge on any atom is 0.174 e. The molecule has 0 fully saturated rings. The third-order valence-corrected chi connectivity index (χ3v) is 2.06. The van der Waals surface area contributed by atoms with Crippen LogP contribution in [0.5, 0.6) is 11.5 Å². The number of allylic oxidation sites excluding steroid dienone is 1. The first-order valence-electron chi connectivity index (χ1n) is 5.02. The monoisotopic (exact) mass is 231 g/mol. The Balaban J connectivity index is 3.00. The van der Waals surface area contributed by atoms with E-state index in [4.69, 9.17) is 14.7 Å². The van der Waals surface area contributed by atoms with Crippen LogP contribution in [-0.2, 0) is 4.79 Å².